The van der Waals surface area contributed by atoms with Gasteiger partial charge in [0.05, 0.1) is 0 Å². The molecular weight excluding hydrogens is 291 g/mol. The number of thioether (sulfide) groups is 1. The third kappa shape index (κ3) is 3.51. The standard InChI is InChI=1S/C11H14N4S.2ClH/c1-2-11(14-15-8-7-13-10(1)15)16-9-3-5-12-6-4-9;;/h1-2,7-9,12H,3-6H2;2*1H. The van der Waals surface area contributed by atoms with Gasteiger partial charge in [0.2, 0.25) is 0 Å². The average Bonchev–Trinajstić information content (AvgIpc) is 2.77. The van der Waals surface area contributed by atoms with Crippen LogP contribution in [-0.4, -0.2) is 32.9 Å². The average molecular weight is 307 g/mol. The first kappa shape index (κ1) is 15.6. The van der Waals surface area contributed by atoms with E-state index < -0.39 is 0 Å². The first-order chi connectivity index (χ1) is 7.92. The maximum absolute atomic E-state index is 4.53. The fourth-order valence-electron chi connectivity index (χ4n) is 1.94. The minimum atomic E-state index is 0. The van der Waals surface area contributed by atoms with Crippen molar-refractivity contribution in [2.24, 2.45) is 0 Å². The van der Waals surface area contributed by atoms with Gasteiger partial charge in [-0.2, -0.15) is 5.10 Å². The molecule has 3 rings (SSSR count). The van der Waals surface area contributed by atoms with Crippen LogP contribution in [0, 0.1) is 0 Å². The lowest BCUT2D eigenvalue weighted by Crippen LogP contribution is -2.29. The summed E-state index contributed by atoms with van der Waals surface area (Å²) in [5, 5.41) is 9.70. The van der Waals surface area contributed by atoms with Crippen LogP contribution in [0.1, 0.15) is 12.8 Å². The first-order valence-electron chi connectivity index (χ1n) is 5.59. The van der Waals surface area contributed by atoms with Crippen molar-refractivity contribution < 1.29 is 0 Å². The molecule has 18 heavy (non-hydrogen) atoms. The molecule has 0 saturated carbocycles. The predicted molar refractivity (Wildman–Crippen MR) is 79.2 cm³/mol. The fraction of sp³-hybridized carbons (Fsp3) is 0.455. The maximum Gasteiger partial charge on any atom is 0.153 e. The minimum Gasteiger partial charge on any atom is -0.317 e. The highest BCUT2D eigenvalue weighted by atomic mass is 35.5. The summed E-state index contributed by atoms with van der Waals surface area (Å²) < 4.78 is 1.84. The van der Waals surface area contributed by atoms with Crippen LogP contribution in [0.5, 0.6) is 0 Å². The summed E-state index contributed by atoms with van der Waals surface area (Å²) in [6, 6.07) is 4.09. The quantitative estimate of drug-likeness (QED) is 0.925. The van der Waals surface area contributed by atoms with E-state index in [9.17, 15) is 0 Å². The summed E-state index contributed by atoms with van der Waals surface area (Å²) in [5.41, 5.74) is 0.912. The van der Waals surface area contributed by atoms with Gasteiger partial charge in [0, 0.05) is 17.6 Å². The molecule has 2 aromatic heterocycles. The number of nitrogens with zero attached hydrogens (tertiary/aromatic N) is 3. The number of halogens is 2. The topological polar surface area (TPSA) is 42.2 Å². The molecule has 0 atom stereocenters. The monoisotopic (exact) mass is 306 g/mol. The van der Waals surface area contributed by atoms with Gasteiger partial charge in [0.15, 0.2) is 5.65 Å². The lowest BCUT2D eigenvalue weighted by Gasteiger charge is -2.21. The van der Waals surface area contributed by atoms with E-state index in [1.54, 1.807) is 6.20 Å². The molecule has 0 amide bonds. The smallest absolute Gasteiger partial charge is 0.153 e. The minimum absolute atomic E-state index is 0. The second-order valence-electron chi connectivity index (χ2n) is 3.97. The molecule has 1 aliphatic rings. The van der Waals surface area contributed by atoms with E-state index in [4.69, 9.17) is 0 Å². The highest BCUT2D eigenvalue weighted by molar-refractivity contribution is 7.99. The van der Waals surface area contributed by atoms with Gasteiger partial charge >= 0.3 is 0 Å². The Labute approximate surface area is 123 Å². The zero-order valence-electron chi connectivity index (χ0n) is 9.78. The number of piperidine rings is 1. The van der Waals surface area contributed by atoms with Gasteiger partial charge in [-0.3, -0.25) is 0 Å². The van der Waals surface area contributed by atoms with Crippen LogP contribution in [0.25, 0.3) is 5.65 Å². The van der Waals surface area contributed by atoms with Gasteiger partial charge in [0.1, 0.15) is 5.03 Å². The number of hydrogen-bond acceptors (Lipinski definition) is 4. The van der Waals surface area contributed by atoms with Gasteiger partial charge in [-0.05, 0) is 38.1 Å². The van der Waals surface area contributed by atoms with Crippen LogP contribution in [0.2, 0.25) is 0 Å². The van der Waals surface area contributed by atoms with Gasteiger partial charge in [-0.15, -0.1) is 36.6 Å². The van der Waals surface area contributed by atoms with Gasteiger partial charge in [0.25, 0.3) is 0 Å². The number of aromatic nitrogens is 3. The molecule has 0 unspecified atom stereocenters. The molecule has 1 N–H and O–H groups in total. The van der Waals surface area contributed by atoms with E-state index in [0.29, 0.717) is 5.25 Å². The van der Waals surface area contributed by atoms with E-state index in [2.05, 4.69) is 21.5 Å². The first-order valence-corrected chi connectivity index (χ1v) is 6.47. The van der Waals surface area contributed by atoms with Crippen molar-refractivity contribution in [2.45, 2.75) is 23.1 Å². The van der Waals surface area contributed by atoms with Crippen LogP contribution in [-0.2, 0) is 0 Å². The number of hydrogen-bond donors (Lipinski definition) is 1. The van der Waals surface area contributed by atoms with Crippen molar-refractivity contribution in [1.29, 1.82) is 0 Å². The largest absolute Gasteiger partial charge is 0.317 e. The SMILES string of the molecule is Cl.Cl.c1cn2nc(SC3CCNCC3)ccc2n1. The second-order valence-corrected chi connectivity index (χ2v) is 5.29. The van der Waals surface area contributed by atoms with E-state index in [1.807, 2.05) is 28.5 Å². The van der Waals surface area contributed by atoms with Crippen LogP contribution in [0.15, 0.2) is 29.6 Å². The Hall–Kier alpha value is -0.490. The molecule has 1 aliphatic heterocycles. The molecule has 2 aromatic rings. The van der Waals surface area contributed by atoms with Crippen molar-refractivity contribution >= 4 is 42.2 Å². The van der Waals surface area contributed by atoms with Gasteiger partial charge in [-0.25, -0.2) is 9.50 Å². The molecule has 1 fully saturated rings. The third-order valence-electron chi connectivity index (χ3n) is 2.80. The van der Waals surface area contributed by atoms with Crippen LogP contribution in [0.4, 0.5) is 0 Å². The van der Waals surface area contributed by atoms with Crippen LogP contribution in [0.3, 0.4) is 0 Å². The van der Waals surface area contributed by atoms with E-state index in [0.717, 1.165) is 23.8 Å². The van der Waals surface area contributed by atoms with E-state index in [-0.39, 0.29) is 24.8 Å². The summed E-state index contributed by atoms with van der Waals surface area (Å²) >= 11 is 1.88. The molecule has 7 heteroatoms. The van der Waals surface area contributed by atoms with Crippen molar-refractivity contribution in [1.82, 2.24) is 19.9 Å². The Morgan fingerprint density at radius 2 is 2.00 bits per heavy atom. The Balaban J connectivity index is 0.000000810. The summed E-state index contributed by atoms with van der Waals surface area (Å²) in [6.07, 6.45) is 6.13. The Kier molecular flexibility index (Phi) is 6.21. The lowest BCUT2D eigenvalue weighted by atomic mass is 10.2. The molecule has 4 nitrogen and oxygen atoms in total. The Morgan fingerprint density at radius 3 is 2.78 bits per heavy atom. The Morgan fingerprint density at radius 1 is 1.22 bits per heavy atom. The second kappa shape index (κ2) is 7.19. The highest BCUT2D eigenvalue weighted by Crippen LogP contribution is 2.26. The summed E-state index contributed by atoms with van der Waals surface area (Å²) in [4.78, 5) is 4.19. The van der Waals surface area contributed by atoms with Crippen LogP contribution >= 0.6 is 36.6 Å². The number of nitrogens with one attached hydrogen (secondary N) is 1. The molecule has 0 spiro atoms. The molecule has 0 aromatic carbocycles. The number of imidazole rings is 1. The van der Waals surface area contributed by atoms with Crippen molar-refractivity contribution in [3.05, 3.63) is 24.5 Å². The molecular formula is C11H16Cl2N4S. The molecule has 1 saturated heterocycles. The van der Waals surface area contributed by atoms with E-state index in [1.165, 1.54) is 12.8 Å². The molecule has 3 heterocycles. The number of rotatable bonds is 2. The molecule has 100 valence electrons. The highest BCUT2D eigenvalue weighted by Gasteiger charge is 2.15. The molecule has 0 aliphatic carbocycles. The number of fused-ring (bicyclic) bond motifs is 1. The lowest BCUT2D eigenvalue weighted by molar-refractivity contribution is 0.531. The Bertz CT molecular complexity index is 485. The zero-order valence-corrected chi connectivity index (χ0v) is 12.2. The van der Waals surface area contributed by atoms with Gasteiger partial charge in [-0.1, -0.05) is 0 Å². The van der Waals surface area contributed by atoms with Crippen molar-refractivity contribution in [3.63, 3.8) is 0 Å². The van der Waals surface area contributed by atoms with Crippen LogP contribution < -0.4 is 5.32 Å². The van der Waals surface area contributed by atoms with Gasteiger partial charge < -0.3 is 5.32 Å². The molecule has 0 bridgehead atoms. The summed E-state index contributed by atoms with van der Waals surface area (Å²) in [7, 11) is 0. The zero-order chi connectivity index (χ0) is 10.8. The van der Waals surface area contributed by atoms with E-state index >= 15 is 0 Å². The fourth-order valence-corrected chi connectivity index (χ4v) is 3.04. The molecule has 0 radical (unpaired) electrons. The predicted octanol–water partition coefficient (Wildman–Crippen LogP) is 2.42. The maximum atomic E-state index is 4.53. The summed E-state index contributed by atoms with van der Waals surface area (Å²) in [5.74, 6) is 0. The van der Waals surface area contributed by atoms with Crippen molar-refractivity contribution in [3.8, 4) is 0 Å². The third-order valence-corrected chi connectivity index (χ3v) is 4.07. The van der Waals surface area contributed by atoms with Crippen molar-refractivity contribution in [2.75, 3.05) is 13.1 Å². The summed E-state index contributed by atoms with van der Waals surface area (Å²) in [6.45, 7) is 2.26. The normalized spacial score (nSPS) is 16.0.